The first kappa shape index (κ1) is 15.3. The van der Waals surface area contributed by atoms with Crippen molar-refractivity contribution in [3.63, 3.8) is 0 Å². The van der Waals surface area contributed by atoms with E-state index >= 15 is 0 Å². The number of benzene rings is 2. The molecule has 0 aliphatic heterocycles. The Morgan fingerprint density at radius 1 is 1.04 bits per heavy atom. The van der Waals surface area contributed by atoms with E-state index in [4.69, 9.17) is 0 Å². The first-order valence-electron chi connectivity index (χ1n) is 7.19. The molecule has 23 heavy (non-hydrogen) atoms. The third-order valence-electron chi connectivity index (χ3n) is 3.26. The van der Waals surface area contributed by atoms with E-state index in [0.29, 0.717) is 16.5 Å². The Hall–Kier alpha value is -2.60. The summed E-state index contributed by atoms with van der Waals surface area (Å²) in [4.78, 5) is 12.3. The van der Waals surface area contributed by atoms with Crippen molar-refractivity contribution in [1.29, 1.82) is 0 Å². The van der Waals surface area contributed by atoms with Crippen LogP contribution in [0.4, 0.5) is 0 Å². The van der Waals surface area contributed by atoms with Crippen LogP contribution < -0.4 is 5.43 Å². The summed E-state index contributed by atoms with van der Waals surface area (Å²) >= 11 is 1.53. The number of aryl methyl sites for hydroxylation is 1. The molecule has 5 nitrogen and oxygen atoms in total. The van der Waals surface area contributed by atoms with Crippen molar-refractivity contribution in [2.45, 2.75) is 17.8 Å². The van der Waals surface area contributed by atoms with Gasteiger partial charge in [0.25, 0.3) is 5.91 Å². The summed E-state index contributed by atoms with van der Waals surface area (Å²) in [6, 6.07) is 19.2. The summed E-state index contributed by atoms with van der Waals surface area (Å²) < 4.78 is 1.63. The average molecular weight is 324 g/mol. The second kappa shape index (κ2) is 7.11. The van der Waals surface area contributed by atoms with Gasteiger partial charge in [0.2, 0.25) is 5.16 Å². The van der Waals surface area contributed by atoms with Crippen molar-refractivity contribution >= 4 is 17.7 Å². The molecule has 0 unspecified atom stereocenters. The normalized spacial score (nSPS) is 10.5. The minimum absolute atomic E-state index is 0.185. The lowest BCUT2D eigenvalue weighted by Gasteiger charge is -2.10. The van der Waals surface area contributed by atoms with Crippen LogP contribution in [0.15, 0.2) is 65.8 Å². The molecule has 1 aromatic heterocycles. The van der Waals surface area contributed by atoms with E-state index < -0.39 is 0 Å². The maximum absolute atomic E-state index is 12.3. The number of thioether (sulfide) groups is 1. The average Bonchev–Trinajstić information content (AvgIpc) is 2.95. The zero-order chi connectivity index (χ0) is 16.1. The summed E-state index contributed by atoms with van der Waals surface area (Å²) in [5.74, 6) is 1.22. The Bertz CT molecular complexity index is 787. The van der Waals surface area contributed by atoms with E-state index in [1.165, 1.54) is 17.3 Å². The van der Waals surface area contributed by atoms with Gasteiger partial charge in [-0.25, -0.2) is 4.68 Å². The van der Waals surface area contributed by atoms with Crippen LogP contribution in [-0.4, -0.2) is 20.8 Å². The van der Waals surface area contributed by atoms with Crippen LogP contribution in [0.3, 0.4) is 0 Å². The molecule has 0 fully saturated rings. The topological polar surface area (TPSA) is 59.8 Å². The molecule has 0 spiro atoms. The number of hydrogen-bond acceptors (Lipinski definition) is 4. The SMILES string of the molecule is Cc1nnc(SCc2ccccc2)n1NC(=O)c1ccccc1. The van der Waals surface area contributed by atoms with Gasteiger partial charge in [0.05, 0.1) is 0 Å². The zero-order valence-electron chi connectivity index (χ0n) is 12.6. The number of hydrogen-bond donors (Lipinski definition) is 1. The van der Waals surface area contributed by atoms with Crippen molar-refractivity contribution < 1.29 is 4.79 Å². The summed E-state index contributed by atoms with van der Waals surface area (Å²) in [5.41, 5.74) is 4.63. The van der Waals surface area contributed by atoms with E-state index in [9.17, 15) is 4.79 Å². The predicted octanol–water partition coefficient (Wildman–Crippen LogP) is 3.26. The quantitative estimate of drug-likeness (QED) is 0.732. The van der Waals surface area contributed by atoms with Gasteiger partial charge in [-0.05, 0) is 24.6 Å². The Balaban J connectivity index is 1.73. The van der Waals surface area contributed by atoms with Crippen LogP contribution in [0, 0.1) is 6.92 Å². The van der Waals surface area contributed by atoms with Crippen molar-refractivity contribution in [3.05, 3.63) is 77.6 Å². The highest BCUT2D eigenvalue weighted by Crippen LogP contribution is 2.21. The van der Waals surface area contributed by atoms with Crippen molar-refractivity contribution in [3.8, 4) is 0 Å². The van der Waals surface area contributed by atoms with Gasteiger partial charge in [-0.2, -0.15) is 0 Å². The Morgan fingerprint density at radius 2 is 1.70 bits per heavy atom. The van der Waals surface area contributed by atoms with Crippen LogP contribution in [0.5, 0.6) is 0 Å². The highest BCUT2D eigenvalue weighted by molar-refractivity contribution is 7.98. The number of amides is 1. The van der Waals surface area contributed by atoms with E-state index in [1.807, 2.05) is 43.3 Å². The number of nitrogens with one attached hydrogen (secondary N) is 1. The number of nitrogens with zero attached hydrogens (tertiary/aromatic N) is 3. The van der Waals surface area contributed by atoms with Gasteiger partial charge in [0, 0.05) is 11.3 Å². The smallest absolute Gasteiger partial charge is 0.267 e. The van der Waals surface area contributed by atoms with Crippen LogP contribution in [0.2, 0.25) is 0 Å². The summed E-state index contributed by atoms with van der Waals surface area (Å²) in [5, 5.41) is 8.85. The molecule has 0 saturated heterocycles. The van der Waals surface area contributed by atoms with Gasteiger partial charge in [0.1, 0.15) is 5.82 Å². The molecule has 3 aromatic rings. The molecule has 1 heterocycles. The second-order valence-electron chi connectivity index (χ2n) is 4.95. The first-order valence-corrected chi connectivity index (χ1v) is 8.18. The fourth-order valence-corrected chi connectivity index (χ4v) is 2.94. The highest BCUT2D eigenvalue weighted by atomic mass is 32.2. The van der Waals surface area contributed by atoms with E-state index in [-0.39, 0.29) is 5.91 Å². The zero-order valence-corrected chi connectivity index (χ0v) is 13.5. The minimum Gasteiger partial charge on any atom is -0.267 e. The fraction of sp³-hybridized carbons (Fsp3) is 0.118. The number of carbonyl (C=O) groups is 1. The van der Waals surface area contributed by atoms with Crippen LogP contribution in [0.1, 0.15) is 21.7 Å². The molecular weight excluding hydrogens is 308 g/mol. The van der Waals surface area contributed by atoms with Gasteiger partial charge >= 0.3 is 0 Å². The van der Waals surface area contributed by atoms with E-state index in [0.717, 1.165) is 5.75 Å². The molecule has 0 aliphatic carbocycles. The first-order chi connectivity index (χ1) is 11.2. The maximum atomic E-state index is 12.3. The van der Waals surface area contributed by atoms with Crippen LogP contribution in [-0.2, 0) is 5.75 Å². The third kappa shape index (κ3) is 3.78. The van der Waals surface area contributed by atoms with Crippen molar-refractivity contribution in [1.82, 2.24) is 14.9 Å². The molecular formula is C17H16N4OS. The Kier molecular flexibility index (Phi) is 4.73. The van der Waals surface area contributed by atoms with Crippen molar-refractivity contribution in [2.24, 2.45) is 0 Å². The molecule has 0 saturated carbocycles. The molecule has 2 aromatic carbocycles. The molecule has 3 rings (SSSR count). The van der Waals surface area contributed by atoms with Gasteiger partial charge in [-0.3, -0.25) is 10.2 Å². The largest absolute Gasteiger partial charge is 0.270 e. The molecule has 1 N–H and O–H groups in total. The Labute approximate surface area is 138 Å². The lowest BCUT2D eigenvalue weighted by molar-refractivity contribution is 0.101. The third-order valence-corrected chi connectivity index (χ3v) is 4.26. The minimum atomic E-state index is -0.185. The number of aromatic nitrogens is 3. The molecule has 0 bridgehead atoms. The number of rotatable bonds is 5. The monoisotopic (exact) mass is 324 g/mol. The van der Waals surface area contributed by atoms with Gasteiger partial charge in [0.15, 0.2) is 0 Å². The lowest BCUT2D eigenvalue weighted by Crippen LogP contribution is -2.24. The van der Waals surface area contributed by atoms with E-state index in [1.54, 1.807) is 16.8 Å². The van der Waals surface area contributed by atoms with Gasteiger partial charge in [-0.1, -0.05) is 60.3 Å². The lowest BCUT2D eigenvalue weighted by atomic mass is 10.2. The summed E-state index contributed by atoms with van der Waals surface area (Å²) in [7, 11) is 0. The molecule has 116 valence electrons. The molecule has 0 radical (unpaired) electrons. The standard InChI is InChI=1S/C17H16N4OS/c1-13-18-19-17(23-12-14-8-4-2-5-9-14)21(13)20-16(22)15-10-6-3-7-11-15/h2-11H,12H2,1H3,(H,20,22). The second-order valence-corrected chi connectivity index (χ2v) is 5.89. The maximum Gasteiger partial charge on any atom is 0.270 e. The molecule has 6 heteroatoms. The van der Waals surface area contributed by atoms with Crippen LogP contribution >= 0.6 is 11.8 Å². The Morgan fingerprint density at radius 3 is 2.39 bits per heavy atom. The fourth-order valence-electron chi connectivity index (χ4n) is 2.04. The van der Waals surface area contributed by atoms with E-state index in [2.05, 4.69) is 27.8 Å². The molecule has 0 atom stereocenters. The highest BCUT2D eigenvalue weighted by Gasteiger charge is 2.13. The summed E-state index contributed by atoms with van der Waals surface area (Å²) in [6.45, 7) is 1.81. The number of carbonyl (C=O) groups excluding carboxylic acids is 1. The molecule has 1 amide bonds. The summed E-state index contributed by atoms with van der Waals surface area (Å²) in [6.07, 6.45) is 0. The molecule has 0 aliphatic rings. The van der Waals surface area contributed by atoms with Crippen molar-refractivity contribution in [2.75, 3.05) is 5.43 Å². The van der Waals surface area contributed by atoms with Gasteiger partial charge in [-0.15, -0.1) is 10.2 Å². The van der Waals surface area contributed by atoms with Gasteiger partial charge < -0.3 is 0 Å². The predicted molar refractivity (Wildman–Crippen MR) is 90.9 cm³/mol. The van der Waals surface area contributed by atoms with Crippen LogP contribution in [0.25, 0.3) is 0 Å².